The molecular weight excluding hydrogens is 270 g/mol. The van der Waals surface area contributed by atoms with E-state index in [4.69, 9.17) is 23.2 Å². The van der Waals surface area contributed by atoms with Gasteiger partial charge in [0.2, 0.25) is 0 Å². The van der Waals surface area contributed by atoms with Crippen LogP contribution in [0.15, 0.2) is 48.5 Å². The van der Waals surface area contributed by atoms with Gasteiger partial charge in [-0.1, -0.05) is 54.4 Å². The van der Waals surface area contributed by atoms with E-state index in [9.17, 15) is 0 Å². The summed E-state index contributed by atoms with van der Waals surface area (Å²) >= 11 is 11.8. The van der Waals surface area contributed by atoms with E-state index < -0.39 is 0 Å². The molecule has 0 heterocycles. The Balaban J connectivity index is 2.33. The molecule has 0 atom stereocenters. The second kappa shape index (κ2) is 5.87. The van der Waals surface area contributed by atoms with Crippen molar-refractivity contribution in [3.05, 3.63) is 58.6 Å². The number of hydrogen-bond donors (Lipinski definition) is 0. The Morgan fingerprint density at radius 2 is 1.12 bits per heavy atom. The van der Waals surface area contributed by atoms with Gasteiger partial charge in [-0.05, 0) is 49.0 Å². The molecule has 2 aromatic rings. The molecule has 0 amide bonds. The van der Waals surface area contributed by atoms with Crippen molar-refractivity contribution in [2.75, 3.05) is 6.16 Å². The van der Waals surface area contributed by atoms with Crippen LogP contribution in [0.2, 0.25) is 10.0 Å². The first kappa shape index (κ1) is 12.9. The lowest BCUT2D eigenvalue weighted by Gasteiger charge is -2.16. The van der Waals surface area contributed by atoms with Crippen molar-refractivity contribution < 1.29 is 0 Å². The van der Waals surface area contributed by atoms with Crippen LogP contribution in [0.25, 0.3) is 0 Å². The van der Waals surface area contributed by atoms with Crippen molar-refractivity contribution in [2.24, 2.45) is 0 Å². The third kappa shape index (κ3) is 3.22. The maximum absolute atomic E-state index is 5.92. The minimum absolute atomic E-state index is 0.291. The summed E-state index contributed by atoms with van der Waals surface area (Å²) in [5, 5.41) is 4.29. The largest absolute Gasteiger partial charge is 0.0843 e. The highest BCUT2D eigenvalue weighted by Crippen LogP contribution is 2.33. The molecule has 0 saturated carbocycles. The van der Waals surface area contributed by atoms with E-state index in [2.05, 4.69) is 31.2 Å². The first-order valence-corrected chi connectivity index (χ1v) is 7.77. The van der Waals surface area contributed by atoms with Crippen molar-refractivity contribution in [3.63, 3.8) is 0 Å². The Bertz CT molecular complexity index is 431. The molecule has 0 radical (unpaired) electrons. The number of halogens is 2. The molecule has 0 spiro atoms. The van der Waals surface area contributed by atoms with Crippen molar-refractivity contribution in [1.82, 2.24) is 0 Å². The lowest BCUT2D eigenvalue weighted by Crippen LogP contribution is -2.12. The number of benzene rings is 2. The molecule has 0 bridgehead atoms. The van der Waals surface area contributed by atoms with Crippen LogP contribution in [0, 0.1) is 0 Å². The van der Waals surface area contributed by atoms with Gasteiger partial charge in [-0.2, -0.15) is 0 Å². The van der Waals surface area contributed by atoms with Crippen LogP contribution < -0.4 is 10.6 Å². The average Bonchev–Trinajstić information content (AvgIpc) is 2.35. The van der Waals surface area contributed by atoms with Gasteiger partial charge in [-0.25, -0.2) is 0 Å². The molecular formula is C14H13Cl2P. The fourth-order valence-corrected chi connectivity index (χ4v) is 4.05. The van der Waals surface area contributed by atoms with E-state index in [-0.39, 0.29) is 7.92 Å². The number of hydrogen-bond acceptors (Lipinski definition) is 0. The van der Waals surface area contributed by atoms with E-state index in [1.54, 1.807) is 0 Å². The lowest BCUT2D eigenvalue weighted by molar-refractivity contribution is 1.50. The van der Waals surface area contributed by atoms with Crippen molar-refractivity contribution in [1.29, 1.82) is 0 Å². The van der Waals surface area contributed by atoms with Gasteiger partial charge in [0.15, 0.2) is 0 Å². The summed E-state index contributed by atoms with van der Waals surface area (Å²) in [5.74, 6) is 0. The van der Waals surface area contributed by atoms with Crippen LogP contribution in [0.5, 0.6) is 0 Å². The van der Waals surface area contributed by atoms with Crippen molar-refractivity contribution in [2.45, 2.75) is 6.92 Å². The standard InChI is InChI=1S/C14H13Cl2P/c1-2-17(13-7-3-11(15)4-8-13)14-9-5-12(16)6-10-14/h3-10H,2H2,1H3. The summed E-state index contributed by atoms with van der Waals surface area (Å²) in [5.41, 5.74) is 0. The highest BCUT2D eigenvalue weighted by Gasteiger charge is 2.10. The fourth-order valence-electron chi connectivity index (χ4n) is 1.76. The van der Waals surface area contributed by atoms with Gasteiger partial charge in [0.1, 0.15) is 0 Å². The highest BCUT2D eigenvalue weighted by molar-refractivity contribution is 7.72. The molecule has 0 aromatic heterocycles. The van der Waals surface area contributed by atoms with Gasteiger partial charge in [-0.3, -0.25) is 0 Å². The Labute approximate surface area is 113 Å². The molecule has 2 rings (SSSR count). The topological polar surface area (TPSA) is 0 Å². The quantitative estimate of drug-likeness (QED) is 0.730. The summed E-state index contributed by atoms with van der Waals surface area (Å²) in [7, 11) is -0.291. The minimum Gasteiger partial charge on any atom is -0.0843 e. The van der Waals surface area contributed by atoms with Crippen molar-refractivity contribution >= 4 is 41.7 Å². The Morgan fingerprint density at radius 3 is 1.41 bits per heavy atom. The van der Waals surface area contributed by atoms with Crippen LogP contribution in [0.4, 0.5) is 0 Å². The minimum atomic E-state index is -0.291. The Morgan fingerprint density at radius 1 is 0.765 bits per heavy atom. The van der Waals surface area contributed by atoms with E-state index in [1.807, 2.05) is 24.3 Å². The van der Waals surface area contributed by atoms with E-state index in [0.717, 1.165) is 16.2 Å². The van der Waals surface area contributed by atoms with Gasteiger partial charge < -0.3 is 0 Å². The molecule has 0 aliphatic rings. The molecule has 17 heavy (non-hydrogen) atoms. The van der Waals surface area contributed by atoms with Crippen molar-refractivity contribution in [3.8, 4) is 0 Å². The zero-order chi connectivity index (χ0) is 12.3. The summed E-state index contributed by atoms with van der Waals surface area (Å²) in [6.45, 7) is 2.22. The van der Waals surface area contributed by atoms with E-state index >= 15 is 0 Å². The van der Waals surface area contributed by atoms with Crippen LogP contribution >= 0.6 is 31.1 Å². The molecule has 0 aliphatic carbocycles. The number of rotatable bonds is 3. The van der Waals surface area contributed by atoms with Crippen LogP contribution in [-0.2, 0) is 0 Å². The first-order valence-electron chi connectivity index (χ1n) is 5.49. The molecule has 0 nitrogen and oxygen atoms in total. The summed E-state index contributed by atoms with van der Waals surface area (Å²) < 4.78 is 0. The lowest BCUT2D eigenvalue weighted by atomic mass is 10.4. The van der Waals surface area contributed by atoms with E-state index in [1.165, 1.54) is 10.6 Å². The maximum Gasteiger partial charge on any atom is 0.0406 e. The summed E-state index contributed by atoms with van der Waals surface area (Å²) in [4.78, 5) is 0. The predicted molar refractivity (Wildman–Crippen MR) is 79.6 cm³/mol. The Kier molecular flexibility index (Phi) is 4.45. The molecule has 0 unspecified atom stereocenters. The normalized spacial score (nSPS) is 10.8. The van der Waals surface area contributed by atoms with Gasteiger partial charge in [0.25, 0.3) is 0 Å². The first-order chi connectivity index (χ1) is 8.20. The second-order valence-corrected chi connectivity index (χ2v) is 7.09. The Hall–Kier alpha value is -0.550. The van der Waals surface area contributed by atoms with E-state index in [0.29, 0.717) is 0 Å². The molecule has 0 N–H and O–H groups in total. The highest BCUT2D eigenvalue weighted by atomic mass is 35.5. The average molecular weight is 283 g/mol. The summed E-state index contributed by atoms with van der Waals surface area (Å²) in [6.07, 6.45) is 1.12. The van der Waals surface area contributed by atoms with Crippen LogP contribution in [0.1, 0.15) is 6.92 Å². The van der Waals surface area contributed by atoms with Gasteiger partial charge in [-0.15, -0.1) is 0 Å². The smallest absolute Gasteiger partial charge is 0.0406 e. The van der Waals surface area contributed by atoms with Crippen LogP contribution in [0.3, 0.4) is 0 Å². The fraction of sp³-hybridized carbons (Fsp3) is 0.143. The third-order valence-corrected chi connectivity index (χ3v) is 5.57. The van der Waals surface area contributed by atoms with Crippen LogP contribution in [-0.4, -0.2) is 6.16 Å². The monoisotopic (exact) mass is 282 g/mol. The third-order valence-electron chi connectivity index (χ3n) is 2.59. The van der Waals surface area contributed by atoms with Gasteiger partial charge in [0, 0.05) is 10.0 Å². The SMILES string of the molecule is CCP(c1ccc(Cl)cc1)c1ccc(Cl)cc1. The molecule has 3 heteroatoms. The molecule has 0 fully saturated rings. The van der Waals surface area contributed by atoms with Gasteiger partial charge >= 0.3 is 0 Å². The zero-order valence-electron chi connectivity index (χ0n) is 9.53. The second-order valence-electron chi connectivity index (χ2n) is 3.70. The summed E-state index contributed by atoms with van der Waals surface area (Å²) in [6, 6.07) is 16.3. The molecule has 0 aliphatic heterocycles. The molecule has 88 valence electrons. The zero-order valence-corrected chi connectivity index (χ0v) is 11.9. The maximum atomic E-state index is 5.92. The predicted octanol–water partition coefficient (Wildman–Crippen LogP) is 4.45. The molecule has 0 saturated heterocycles. The molecule has 2 aromatic carbocycles. The van der Waals surface area contributed by atoms with Gasteiger partial charge in [0.05, 0.1) is 0 Å².